The molecule has 0 spiro atoms. The molecule has 1 heterocycles. The van der Waals surface area contributed by atoms with E-state index in [-0.39, 0.29) is 5.91 Å². The van der Waals surface area contributed by atoms with Gasteiger partial charge in [0.05, 0.1) is 5.69 Å². The van der Waals surface area contributed by atoms with E-state index in [9.17, 15) is 4.79 Å². The maximum Gasteiger partial charge on any atom is 0.266 e. The predicted octanol–water partition coefficient (Wildman–Crippen LogP) is 5.79. The summed E-state index contributed by atoms with van der Waals surface area (Å²) < 4.78 is 5.65. The zero-order valence-electron chi connectivity index (χ0n) is 15.7. The van der Waals surface area contributed by atoms with Crippen molar-refractivity contribution in [1.82, 2.24) is 4.98 Å². The summed E-state index contributed by atoms with van der Waals surface area (Å²) >= 11 is 7.26. The smallest absolute Gasteiger partial charge is 0.266 e. The van der Waals surface area contributed by atoms with E-state index in [2.05, 4.69) is 43.2 Å². The zero-order chi connectivity index (χ0) is 19.6. The van der Waals surface area contributed by atoms with Gasteiger partial charge in [0.2, 0.25) is 0 Å². The normalized spacial score (nSPS) is 11.9. The van der Waals surface area contributed by atoms with Crippen molar-refractivity contribution in [2.24, 2.45) is 0 Å². The number of amides is 1. The standard InChI is InChI=1S/C21H21ClN2O2S/c1-12-9-14(3)18(10-13(12)2)19-11-27-21(23-19)24-20(25)15(4)26-17-7-5-16(22)6-8-17/h5-11,15H,1-4H3,(H,23,24,25). The second-order valence-electron chi connectivity index (χ2n) is 6.49. The summed E-state index contributed by atoms with van der Waals surface area (Å²) in [5.74, 6) is 0.343. The lowest BCUT2D eigenvalue weighted by Gasteiger charge is -2.13. The maximum atomic E-state index is 12.4. The van der Waals surface area contributed by atoms with Crippen molar-refractivity contribution in [2.75, 3.05) is 5.32 Å². The molecule has 3 rings (SSSR count). The number of nitrogens with one attached hydrogen (secondary N) is 1. The van der Waals surface area contributed by atoms with E-state index >= 15 is 0 Å². The maximum absolute atomic E-state index is 12.4. The lowest BCUT2D eigenvalue weighted by molar-refractivity contribution is -0.122. The Morgan fingerprint density at radius 3 is 2.48 bits per heavy atom. The second kappa shape index (κ2) is 8.11. The average molecular weight is 401 g/mol. The molecule has 1 aromatic heterocycles. The van der Waals surface area contributed by atoms with Gasteiger partial charge >= 0.3 is 0 Å². The summed E-state index contributed by atoms with van der Waals surface area (Å²) in [4.78, 5) is 17.0. The van der Waals surface area contributed by atoms with Gasteiger partial charge < -0.3 is 4.74 Å². The third-order valence-corrected chi connectivity index (χ3v) is 5.36. The molecule has 6 heteroatoms. The van der Waals surface area contributed by atoms with Crippen molar-refractivity contribution >= 4 is 34.0 Å². The van der Waals surface area contributed by atoms with Crippen LogP contribution in [0.25, 0.3) is 11.3 Å². The Kier molecular flexibility index (Phi) is 5.82. The lowest BCUT2D eigenvalue weighted by Crippen LogP contribution is -2.30. The van der Waals surface area contributed by atoms with Crippen molar-refractivity contribution in [2.45, 2.75) is 33.8 Å². The molecule has 3 aromatic rings. The second-order valence-corrected chi connectivity index (χ2v) is 7.79. The van der Waals surface area contributed by atoms with Crippen LogP contribution in [0.2, 0.25) is 5.02 Å². The van der Waals surface area contributed by atoms with Crippen molar-refractivity contribution < 1.29 is 9.53 Å². The van der Waals surface area contributed by atoms with Crippen molar-refractivity contribution in [3.8, 4) is 17.0 Å². The molecule has 1 atom stereocenters. The van der Waals surface area contributed by atoms with Crippen LogP contribution in [0.15, 0.2) is 41.8 Å². The number of benzene rings is 2. The highest BCUT2D eigenvalue weighted by atomic mass is 35.5. The van der Waals surface area contributed by atoms with Crippen LogP contribution in [0.4, 0.5) is 5.13 Å². The van der Waals surface area contributed by atoms with E-state index in [4.69, 9.17) is 16.3 Å². The number of hydrogen-bond acceptors (Lipinski definition) is 4. The van der Waals surface area contributed by atoms with Crippen LogP contribution in [0.5, 0.6) is 5.75 Å². The van der Waals surface area contributed by atoms with Gasteiger partial charge in [-0.2, -0.15) is 0 Å². The van der Waals surface area contributed by atoms with Gasteiger partial charge in [-0.25, -0.2) is 4.98 Å². The number of anilines is 1. The summed E-state index contributed by atoms with van der Waals surface area (Å²) in [6, 6.07) is 11.2. The van der Waals surface area contributed by atoms with Gasteiger partial charge in [-0.15, -0.1) is 11.3 Å². The van der Waals surface area contributed by atoms with E-state index in [0.29, 0.717) is 15.9 Å². The van der Waals surface area contributed by atoms with Crippen LogP contribution in [0, 0.1) is 20.8 Å². The highest BCUT2D eigenvalue weighted by Gasteiger charge is 2.17. The molecule has 0 saturated heterocycles. The molecule has 2 aromatic carbocycles. The largest absolute Gasteiger partial charge is 0.481 e. The molecule has 0 radical (unpaired) electrons. The Morgan fingerprint density at radius 2 is 1.78 bits per heavy atom. The van der Waals surface area contributed by atoms with Crippen LogP contribution in [0.3, 0.4) is 0 Å². The molecular weight excluding hydrogens is 380 g/mol. The summed E-state index contributed by atoms with van der Waals surface area (Å²) in [5, 5.41) is 5.96. The van der Waals surface area contributed by atoms with Crippen molar-refractivity contribution in [3.63, 3.8) is 0 Å². The van der Waals surface area contributed by atoms with E-state index < -0.39 is 6.10 Å². The third kappa shape index (κ3) is 4.67. The number of nitrogens with zero attached hydrogens (tertiary/aromatic N) is 1. The fourth-order valence-electron chi connectivity index (χ4n) is 2.67. The Labute approximate surface area is 168 Å². The van der Waals surface area contributed by atoms with Crippen molar-refractivity contribution in [1.29, 1.82) is 0 Å². The molecule has 140 valence electrons. The first kappa shape index (κ1) is 19.4. The third-order valence-electron chi connectivity index (χ3n) is 4.35. The molecule has 0 aliphatic rings. The number of hydrogen-bond donors (Lipinski definition) is 1. The number of rotatable bonds is 5. The first-order valence-corrected chi connectivity index (χ1v) is 9.86. The van der Waals surface area contributed by atoms with Gasteiger partial charge in [-0.3, -0.25) is 10.1 Å². The number of aromatic nitrogens is 1. The fourth-order valence-corrected chi connectivity index (χ4v) is 3.51. The molecule has 0 fully saturated rings. The number of carbonyl (C=O) groups is 1. The van der Waals surface area contributed by atoms with E-state index in [1.54, 1.807) is 31.2 Å². The monoisotopic (exact) mass is 400 g/mol. The molecule has 1 N–H and O–H groups in total. The van der Waals surface area contributed by atoms with Crippen LogP contribution in [-0.2, 0) is 4.79 Å². The predicted molar refractivity (Wildman–Crippen MR) is 112 cm³/mol. The quantitative estimate of drug-likeness (QED) is 0.589. The average Bonchev–Trinajstić information content (AvgIpc) is 3.08. The summed E-state index contributed by atoms with van der Waals surface area (Å²) in [6.07, 6.45) is -0.651. The van der Waals surface area contributed by atoms with Gasteiger partial charge in [0.15, 0.2) is 11.2 Å². The van der Waals surface area contributed by atoms with Gasteiger partial charge in [0, 0.05) is 16.0 Å². The van der Waals surface area contributed by atoms with Gasteiger partial charge in [0.25, 0.3) is 5.91 Å². The highest BCUT2D eigenvalue weighted by Crippen LogP contribution is 2.29. The first-order chi connectivity index (χ1) is 12.8. The van der Waals surface area contributed by atoms with Crippen molar-refractivity contribution in [3.05, 3.63) is 63.5 Å². The molecule has 1 unspecified atom stereocenters. The van der Waals surface area contributed by atoms with Crippen LogP contribution in [-0.4, -0.2) is 17.0 Å². The fraction of sp³-hybridized carbons (Fsp3) is 0.238. The molecule has 0 aliphatic carbocycles. The number of thiazole rings is 1. The minimum absolute atomic E-state index is 0.248. The summed E-state index contributed by atoms with van der Waals surface area (Å²) in [7, 11) is 0. The number of aryl methyl sites for hydroxylation is 3. The van der Waals surface area contributed by atoms with Gasteiger partial charge in [-0.05, 0) is 74.7 Å². The zero-order valence-corrected chi connectivity index (χ0v) is 17.2. The van der Waals surface area contributed by atoms with Crippen LogP contribution >= 0.6 is 22.9 Å². The topological polar surface area (TPSA) is 51.2 Å². The Hall–Kier alpha value is -2.37. The summed E-state index contributed by atoms with van der Waals surface area (Å²) in [6.45, 7) is 7.96. The minimum Gasteiger partial charge on any atom is -0.481 e. The molecule has 0 saturated carbocycles. The highest BCUT2D eigenvalue weighted by molar-refractivity contribution is 7.14. The minimum atomic E-state index is -0.651. The molecule has 4 nitrogen and oxygen atoms in total. The summed E-state index contributed by atoms with van der Waals surface area (Å²) in [5.41, 5.74) is 5.59. The van der Waals surface area contributed by atoms with Crippen LogP contribution in [0.1, 0.15) is 23.6 Å². The SMILES string of the molecule is Cc1cc(C)c(-c2csc(NC(=O)C(C)Oc3ccc(Cl)cc3)n2)cc1C. The Morgan fingerprint density at radius 1 is 1.11 bits per heavy atom. The number of carbonyl (C=O) groups excluding carboxylic acids is 1. The molecule has 0 aliphatic heterocycles. The van der Waals surface area contributed by atoms with E-state index in [1.807, 2.05) is 5.38 Å². The molecule has 1 amide bonds. The molecule has 27 heavy (non-hydrogen) atoms. The molecular formula is C21H21ClN2O2S. The van der Waals surface area contributed by atoms with E-state index in [0.717, 1.165) is 11.3 Å². The molecule has 0 bridgehead atoms. The van der Waals surface area contributed by atoms with Crippen LogP contribution < -0.4 is 10.1 Å². The van der Waals surface area contributed by atoms with Gasteiger partial charge in [0.1, 0.15) is 5.75 Å². The number of ether oxygens (including phenoxy) is 1. The Bertz CT molecular complexity index is 967. The number of halogens is 1. The van der Waals surface area contributed by atoms with Gasteiger partial charge in [-0.1, -0.05) is 17.7 Å². The first-order valence-electron chi connectivity index (χ1n) is 8.60. The Balaban J connectivity index is 1.69. The lowest BCUT2D eigenvalue weighted by atomic mass is 9.99. The van der Waals surface area contributed by atoms with E-state index in [1.165, 1.54) is 28.0 Å².